The second kappa shape index (κ2) is 5.99. The lowest BCUT2D eigenvalue weighted by Crippen LogP contribution is -2.43. The SMILES string of the molecule is CC(C)C[C@H](N)C(O)C1N=NC(=O)O1.Cl. The van der Waals surface area contributed by atoms with Crippen molar-refractivity contribution < 1.29 is 14.6 Å². The van der Waals surface area contributed by atoms with Crippen LogP contribution in [0.2, 0.25) is 0 Å². The number of cyclic esters (lactones) is 1. The summed E-state index contributed by atoms with van der Waals surface area (Å²) >= 11 is 0. The van der Waals surface area contributed by atoms with Crippen LogP contribution in [0, 0.1) is 5.92 Å². The molecule has 0 bridgehead atoms. The lowest BCUT2D eigenvalue weighted by atomic mass is 9.99. The van der Waals surface area contributed by atoms with E-state index in [0.29, 0.717) is 12.3 Å². The van der Waals surface area contributed by atoms with E-state index in [4.69, 9.17) is 5.73 Å². The standard InChI is InChI=1S/C8H15N3O3.ClH/c1-4(2)3-5(9)6(12)7-10-11-8(13)14-7;/h4-7,12H,3,9H2,1-2H3;1H/t5-,6?,7?;/m0./s1. The van der Waals surface area contributed by atoms with Crippen LogP contribution < -0.4 is 5.73 Å². The van der Waals surface area contributed by atoms with Crippen LogP contribution in [-0.4, -0.2) is 29.6 Å². The van der Waals surface area contributed by atoms with E-state index < -0.39 is 24.5 Å². The van der Waals surface area contributed by atoms with Gasteiger partial charge in [0.25, 0.3) is 0 Å². The maximum atomic E-state index is 10.6. The topological polar surface area (TPSA) is 97.3 Å². The molecule has 15 heavy (non-hydrogen) atoms. The second-order valence-corrected chi connectivity index (χ2v) is 3.77. The van der Waals surface area contributed by atoms with Crippen LogP contribution in [0.5, 0.6) is 0 Å². The molecular formula is C8H16ClN3O3. The van der Waals surface area contributed by atoms with Gasteiger partial charge in [-0.05, 0) is 12.3 Å². The number of nitrogens with zero attached hydrogens (tertiary/aromatic N) is 2. The van der Waals surface area contributed by atoms with Gasteiger partial charge in [0.15, 0.2) is 0 Å². The first-order valence-corrected chi connectivity index (χ1v) is 4.56. The van der Waals surface area contributed by atoms with Gasteiger partial charge in [-0.25, -0.2) is 4.79 Å². The van der Waals surface area contributed by atoms with Crippen molar-refractivity contribution in [3.8, 4) is 0 Å². The van der Waals surface area contributed by atoms with E-state index in [-0.39, 0.29) is 12.4 Å². The summed E-state index contributed by atoms with van der Waals surface area (Å²) in [4.78, 5) is 10.6. The summed E-state index contributed by atoms with van der Waals surface area (Å²) in [7, 11) is 0. The van der Waals surface area contributed by atoms with Crippen molar-refractivity contribution in [1.29, 1.82) is 0 Å². The Hall–Kier alpha value is -0.720. The molecule has 0 saturated carbocycles. The highest BCUT2D eigenvalue weighted by Gasteiger charge is 2.32. The molecule has 3 N–H and O–H groups in total. The third-order valence-electron chi connectivity index (χ3n) is 1.95. The summed E-state index contributed by atoms with van der Waals surface area (Å²) < 4.78 is 4.62. The molecule has 3 atom stereocenters. The smallest absolute Gasteiger partial charge is 0.416 e. The quantitative estimate of drug-likeness (QED) is 0.764. The Morgan fingerprint density at radius 1 is 1.60 bits per heavy atom. The Balaban J connectivity index is 0.00000196. The number of carbonyl (C=O) groups is 1. The number of azo groups is 1. The molecule has 1 aliphatic rings. The first-order valence-electron chi connectivity index (χ1n) is 4.56. The Kier molecular flexibility index (Phi) is 5.71. The van der Waals surface area contributed by atoms with E-state index in [1.165, 1.54) is 0 Å². The number of halogens is 1. The van der Waals surface area contributed by atoms with Gasteiger partial charge in [-0.15, -0.1) is 17.5 Å². The molecule has 1 rings (SSSR count). The summed E-state index contributed by atoms with van der Waals surface area (Å²) in [5.41, 5.74) is 5.70. The largest absolute Gasteiger partial charge is 0.454 e. The fraction of sp³-hybridized carbons (Fsp3) is 0.875. The molecule has 0 fully saturated rings. The molecule has 0 aromatic rings. The number of carbonyl (C=O) groups excluding carboxylic acids is 1. The molecule has 0 aliphatic carbocycles. The second-order valence-electron chi connectivity index (χ2n) is 3.77. The molecule has 1 amide bonds. The van der Waals surface area contributed by atoms with Crippen LogP contribution in [0.4, 0.5) is 4.79 Å². The molecule has 0 spiro atoms. The summed E-state index contributed by atoms with van der Waals surface area (Å²) in [5, 5.41) is 16.2. The van der Waals surface area contributed by atoms with Crippen LogP contribution in [0.25, 0.3) is 0 Å². The van der Waals surface area contributed by atoms with Crippen LogP contribution in [0.15, 0.2) is 10.2 Å². The van der Waals surface area contributed by atoms with Gasteiger partial charge in [-0.3, -0.25) is 0 Å². The predicted octanol–water partition coefficient (Wildman–Crippen LogP) is 1.07. The molecule has 0 aromatic carbocycles. The maximum Gasteiger partial charge on any atom is 0.454 e. The highest BCUT2D eigenvalue weighted by atomic mass is 35.5. The average Bonchev–Trinajstić information content (AvgIpc) is 2.49. The lowest BCUT2D eigenvalue weighted by molar-refractivity contribution is 0.00681. The first kappa shape index (κ1) is 14.3. The molecule has 1 heterocycles. The molecule has 88 valence electrons. The molecule has 7 heteroatoms. The summed E-state index contributed by atoms with van der Waals surface area (Å²) in [6, 6.07) is -0.454. The number of amides is 1. The lowest BCUT2D eigenvalue weighted by Gasteiger charge is -2.22. The molecule has 2 unspecified atom stereocenters. The average molecular weight is 238 g/mol. The van der Waals surface area contributed by atoms with Crippen molar-refractivity contribution in [2.75, 3.05) is 0 Å². The third-order valence-corrected chi connectivity index (χ3v) is 1.95. The van der Waals surface area contributed by atoms with Gasteiger partial charge >= 0.3 is 6.09 Å². The summed E-state index contributed by atoms with van der Waals surface area (Å²) in [6.45, 7) is 3.99. The van der Waals surface area contributed by atoms with E-state index >= 15 is 0 Å². The van der Waals surface area contributed by atoms with Crippen LogP contribution >= 0.6 is 12.4 Å². The van der Waals surface area contributed by atoms with Gasteiger partial charge in [0, 0.05) is 6.04 Å². The number of aliphatic hydroxyl groups excluding tert-OH is 1. The van der Waals surface area contributed by atoms with Crippen LogP contribution in [-0.2, 0) is 4.74 Å². The Labute approximate surface area is 94.3 Å². The fourth-order valence-corrected chi connectivity index (χ4v) is 1.29. The highest BCUT2D eigenvalue weighted by Crippen LogP contribution is 2.16. The van der Waals surface area contributed by atoms with Gasteiger partial charge in [0.1, 0.15) is 6.10 Å². The number of aliphatic hydroxyl groups is 1. The summed E-state index contributed by atoms with van der Waals surface area (Å²) in [5.74, 6) is 0.369. The highest BCUT2D eigenvalue weighted by molar-refractivity contribution is 5.85. The first-order chi connectivity index (χ1) is 6.50. The van der Waals surface area contributed by atoms with E-state index in [9.17, 15) is 9.90 Å². The maximum absolute atomic E-state index is 10.6. The molecular weight excluding hydrogens is 222 g/mol. The molecule has 1 aliphatic heterocycles. The molecule has 0 aromatic heterocycles. The monoisotopic (exact) mass is 237 g/mol. The van der Waals surface area contributed by atoms with E-state index in [1.807, 2.05) is 13.8 Å². The van der Waals surface area contributed by atoms with Gasteiger partial charge in [-0.2, -0.15) is 0 Å². The predicted molar refractivity (Wildman–Crippen MR) is 55.8 cm³/mol. The van der Waals surface area contributed by atoms with Crippen molar-refractivity contribution in [2.24, 2.45) is 21.9 Å². The number of rotatable bonds is 4. The van der Waals surface area contributed by atoms with Gasteiger partial charge < -0.3 is 15.6 Å². The van der Waals surface area contributed by atoms with E-state index in [0.717, 1.165) is 0 Å². The zero-order valence-electron chi connectivity index (χ0n) is 8.66. The van der Waals surface area contributed by atoms with Crippen LogP contribution in [0.1, 0.15) is 20.3 Å². The number of hydrogen-bond acceptors (Lipinski definition) is 5. The molecule has 6 nitrogen and oxygen atoms in total. The fourth-order valence-electron chi connectivity index (χ4n) is 1.29. The minimum absolute atomic E-state index is 0. The van der Waals surface area contributed by atoms with E-state index in [2.05, 4.69) is 15.0 Å². The Bertz CT molecular complexity index is 247. The van der Waals surface area contributed by atoms with Crippen molar-refractivity contribution in [1.82, 2.24) is 0 Å². The van der Waals surface area contributed by atoms with Gasteiger partial charge in [0.2, 0.25) is 6.23 Å². The number of nitrogens with two attached hydrogens (primary N) is 1. The van der Waals surface area contributed by atoms with Crippen molar-refractivity contribution in [3.63, 3.8) is 0 Å². The Morgan fingerprint density at radius 3 is 2.60 bits per heavy atom. The molecule has 0 radical (unpaired) electrons. The van der Waals surface area contributed by atoms with Crippen molar-refractivity contribution >= 4 is 18.5 Å². The van der Waals surface area contributed by atoms with Crippen LogP contribution in [0.3, 0.4) is 0 Å². The normalized spacial score (nSPS) is 23.5. The number of hydrogen-bond donors (Lipinski definition) is 2. The minimum Gasteiger partial charge on any atom is -0.416 e. The Morgan fingerprint density at radius 2 is 2.20 bits per heavy atom. The zero-order valence-corrected chi connectivity index (χ0v) is 9.48. The van der Waals surface area contributed by atoms with Crippen molar-refractivity contribution in [2.45, 2.75) is 38.6 Å². The molecule has 0 saturated heterocycles. The van der Waals surface area contributed by atoms with Crippen molar-refractivity contribution in [3.05, 3.63) is 0 Å². The minimum atomic E-state index is -0.979. The summed E-state index contributed by atoms with van der Waals surface area (Å²) in [6.07, 6.45) is -2.04. The number of ether oxygens (including phenoxy) is 1. The van der Waals surface area contributed by atoms with Gasteiger partial charge in [0.05, 0.1) is 0 Å². The van der Waals surface area contributed by atoms with Gasteiger partial charge in [-0.1, -0.05) is 19.0 Å². The van der Waals surface area contributed by atoms with E-state index in [1.54, 1.807) is 0 Å². The zero-order chi connectivity index (χ0) is 10.7. The third kappa shape index (κ3) is 4.11.